The van der Waals surface area contributed by atoms with Crippen LogP contribution in [0.25, 0.3) is 0 Å². The molecule has 3 amide bonds. The summed E-state index contributed by atoms with van der Waals surface area (Å²) < 4.78 is 0. The van der Waals surface area contributed by atoms with Crippen molar-refractivity contribution in [2.75, 3.05) is 26.2 Å². The van der Waals surface area contributed by atoms with Crippen LogP contribution in [0.1, 0.15) is 52.0 Å². The number of hydrogen-bond donors (Lipinski definition) is 0. The minimum atomic E-state index is -0.621. The number of nitrogens with zero attached hydrogens (tertiary/aromatic N) is 4. The Hall–Kier alpha value is -1.95. The summed E-state index contributed by atoms with van der Waals surface area (Å²) in [5.41, 5.74) is 0.518. The Balaban J connectivity index is 1.66. The number of carbonyl (C=O) groups is 2. The molecule has 0 saturated carbocycles. The molecule has 2 saturated heterocycles. The number of pyridine rings is 1. The number of piperidine rings is 1. The summed E-state index contributed by atoms with van der Waals surface area (Å²) in [4.78, 5) is 36.1. The van der Waals surface area contributed by atoms with Crippen molar-refractivity contribution in [3.05, 3.63) is 30.1 Å². The topological polar surface area (TPSA) is 56.8 Å². The van der Waals surface area contributed by atoms with Gasteiger partial charge in [-0.3, -0.25) is 14.7 Å². The summed E-state index contributed by atoms with van der Waals surface area (Å²) in [7, 11) is 0. The normalized spacial score (nSPS) is 21.3. The number of amides is 3. The summed E-state index contributed by atoms with van der Waals surface area (Å²) >= 11 is 0. The van der Waals surface area contributed by atoms with E-state index in [4.69, 9.17) is 0 Å². The van der Waals surface area contributed by atoms with Gasteiger partial charge in [0.25, 0.3) is 5.91 Å². The summed E-state index contributed by atoms with van der Waals surface area (Å²) in [6.07, 6.45) is 7.80. The van der Waals surface area contributed by atoms with Crippen molar-refractivity contribution in [2.45, 2.75) is 64.5 Å². The van der Waals surface area contributed by atoms with Crippen molar-refractivity contribution in [1.29, 1.82) is 0 Å². The molecule has 2 fully saturated rings. The predicted octanol–water partition coefficient (Wildman–Crippen LogP) is 2.93. The van der Waals surface area contributed by atoms with Gasteiger partial charge < -0.3 is 9.80 Å². The molecule has 6 nitrogen and oxygen atoms in total. The fourth-order valence-electron chi connectivity index (χ4n) is 4.48. The zero-order valence-electron chi connectivity index (χ0n) is 16.9. The smallest absolute Gasteiger partial charge is 0.310 e. The van der Waals surface area contributed by atoms with Gasteiger partial charge in [0.05, 0.1) is 0 Å². The molecule has 148 valence electrons. The minimum absolute atomic E-state index is 0.0179. The van der Waals surface area contributed by atoms with Gasteiger partial charge in [0.15, 0.2) is 0 Å². The molecule has 0 bridgehead atoms. The maximum atomic E-state index is 13.3. The molecule has 1 aromatic heterocycles. The van der Waals surface area contributed by atoms with Crippen molar-refractivity contribution < 1.29 is 9.59 Å². The highest BCUT2D eigenvalue weighted by Gasteiger charge is 2.57. The third-order valence-electron chi connectivity index (χ3n) is 6.35. The fraction of sp³-hybridized carbons (Fsp3) is 0.667. The molecule has 2 aliphatic heterocycles. The maximum Gasteiger partial charge on any atom is 0.327 e. The molecule has 3 heterocycles. The van der Waals surface area contributed by atoms with Crippen LogP contribution in [-0.2, 0) is 11.2 Å². The van der Waals surface area contributed by atoms with E-state index in [0.29, 0.717) is 19.1 Å². The molecule has 1 atom stereocenters. The van der Waals surface area contributed by atoms with E-state index in [-0.39, 0.29) is 11.9 Å². The van der Waals surface area contributed by atoms with Crippen LogP contribution in [0.4, 0.5) is 4.79 Å². The van der Waals surface area contributed by atoms with Gasteiger partial charge in [0.1, 0.15) is 5.54 Å². The number of likely N-dealkylation sites (tertiary alicyclic amines) is 1. The van der Waals surface area contributed by atoms with Gasteiger partial charge in [-0.25, -0.2) is 4.79 Å². The molecule has 6 heteroatoms. The molecule has 0 aromatic carbocycles. The van der Waals surface area contributed by atoms with Gasteiger partial charge in [-0.05, 0) is 57.6 Å². The van der Waals surface area contributed by atoms with Crippen molar-refractivity contribution >= 4 is 11.9 Å². The summed E-state index contributed by atoms with van der Waals surface area (Å²) in [6.45, 7) is 9.26. The number of likely N-dealkylation sites (N-methyl/N-ethyl adjacent to an activating group) is 1. The van der Waals surface area contributed by atoms with Gasteiger partial charge in [-0.1, -0.05) is 13.0 Å². The molecule has 27 heavy (non-hydrogen) atoms. The third-order valence-corrected chi connectivity index (χ3v) is 6.35. The van der Waals surface area contributed by atoms with Crippen molar-refractivity contribution in [3.8, 4) is 0 Å². The SMILES string of the molecule is CC[C@@H](C)N1CCC2(CC1)C(=O)N(CCCc1cccnc1)C(=O)N2CC. The standard InChI is InChI=1S/C21H32N4O2/c1-4-17(3)23-14-10-21(11-15-23)19(26)24(20(27)25(21)5-2)13-7-9-18-8-6-12-22-16-18/h6,8,12,16-17H,4-5,7,9-11,13-15H2,1-3H3/t17-/m1/s1. The second-order valence-electron chi connectivity index (χ2n) is 7.77. The lowest BCUT2D eigenvalue weighted by atomic mass is 9.85. The van der Waals surface area contributed by atoms with Crippen LogP contribution in [0.15, 0.2) is 24.5 Å². The zero-order chi connectivity index (χ0) is 19.4. The molecule has 3 rings (SSSR count). The highest BCUT2D eigenvalue weighted by molar-refractivity contribution is 6.07. The van der Waals surface area contributed by atoms with Gasteiger partial charge >= 0.3 is 6.03 Å². The highest BCUT2D eigenvalue weighted by Crippen LogP contribution is 2.37. The van der Waals surface area contributed by atoms with E-state index >= 15 is 0 Å². The Morgan fingerprint density at radius 2 is 1.96 bits per heavy atom. The number of aryl methyl sites for hydroxylation is 1. The zero-order valence-corrected chi connectivity index (χ0v) is 16.9. The number of hydrogen-bond acceptors (Lipinski definition) is 4. The molecule has 0 N–H and O–H groups in total. The van der Waals surface area contributed by atoms with Gasteiger partial charge in [0.2, 0.25) is 0 Å². The molecule has 0 radical (unpaired) electrons. The Morgan fingerprint density at radius 3 is 2.56 bits per heavy atom. The van der Waals surface area contributed by atoms with Crippen LogP contribution in [0, 0.1) is 0 Å². The Morgan fingerprint density at radius 1 is 1.22 bits per heavy atom. The fourth-order valence-corrected chi connectivity index (χ4v) is 4.48. The first-order chi connectivity index (χ1) is 13.0. The van der Waals surface area contributed by atoms with E-state index in [1.54, 1.807) is 6.20 Å². The summed E-state index contributed by atoms with van der Waals surface area (Å²) in [6, 6.07) is 4.37. The van der Waals surface area contributed by atoms with E-state index in [2.05, 4.69) is 23.7 Å². The molecule has 0 aliphatic carbocycles. The number of urea groups is 1. The van der Waals surface area contributed by atoms with E-state index < -0.39 is 5.54 Å². The first-order valence-electron chi connectivity index (χ1n) is 10.3. The lowest BCUT2D eigenvalue weighted by Crippen LogP contribution is -2.57. The molecular formula is C21H32N4O2. The van der Waals surface area contributed by atoms with Crippen molar-refractivity contribution in [2.24, 2.45) is 0 Å². The second-order valence-corrected chi connectivity index (χ2v) is 7.77. The lowest BCUT2D eigenvalue weighted by molar-refractivity contribution is -0.136. The average Bonchev–Trinajstić information content (AvgIpc) is 2.89. The van der Waals surface area contributed by atoms with E-state index in [9.17, 15) is 9.59 Å². The number of imide groups is 1. The summed E-state index contributed by atoms with van der Waals surface area (Å²) in [5, 5.41) is 0. The number of rotatable bonds is 7. The van der Waals surface area contributed by atoms with E-state index in [1.807, 2.05) is 30.2 Å². The Labute approximate surface area is 162 Å². The van der Waals surface area contributed by atoms with Gasteiger partial charge in [-0.2, -0.15) is 0 Å². The molecule has 0 unspecified atom stereocenters. The van der Waals surface area contributed by atoms with Crippen LogP contribution >= 0.6 is 0 Å². The van der Waals surface area contributed by atoms with Crippen LogP contribution in [0.2, 0.25) is 0 Å². The first-order valence-corrected chi connectivity index (χ1v) is 10.3. The number of aromatic nitrogens is 1. The van der Waals surface area contributed by atoms with Crippen molar-refractivity contribution in [1.82, 2.24) is 19.7 Å². The Bertz CT molecular complexity index is 655. The van der Waals surface area contributed by atoms with Gasteiger partial charge in [0, 0.05) is 44.6 Å². The molecule has 1 aromatic rings. The highest BCUT2D eigenvalue weighted by atomic mass is 16.2. The van der Waals surface area contributed by atoms with E-state index in [0.717, 1.165) is 50.8 Å². The molecule has 1 spiro atoms. The molecular weight excluding hydrogens is 340 g/mol. The Kier molecular flexibility index (Phi) is 6.15. The second kappa shape index (κ2) is 8.38. The number of carbonyl (C=O) groups excluding carboxylic acids is 2. The van der Waals surface area contributed by atoms with Gasteiger partial charge in [-0.15, -0.1) is 0 Å². The quantitative estimate of drug-likeness (QED) is 0.691. The van der Waals surface area contributed by atoms with Crippen LogP contribution in [-0.4, -0.2) is 69.4 Å². The van der Waals surface area contributed by atoms with Crippen LogP contribution in [0.3, 0.4) is 0 Å². The molecule has 2 aliphatic rings. The van der Waals surface area contributed by atoms with E-state index in [1.165, 1.54) is 4.90 Å². The third kappa shape index (κ3) is 3.72. The van der Waals surface area contributed by atoms with Crippen LogP contribution in [0.5, 0.6) is 0 Å². The average molecular weight is 373 g/mol. The minimum Gasteiger partial charge on any atom is -0.310 e. The van der Waals surface area contributed by atoms with Crippen LogP contribution < -0.4 is 0 Å². The van der Waals surface area contributed by atoms with Crippen molar-refractivity contribution in [3.63, 3.8) is 0 Å². The maximum absolute atomic E-state index is 13.3. The monoisotopic (exact) mass is 372 g/mol. The largest absolute Gasteiger partial charge is 0.327 e. The predicted molar refractivity (Wildman–Crippen MR) is 105 cm³/mol. The first kappa shape index (κ1) is 19.8. The lowest BCUT2D eigenvalue weighted by Gasteiger charge is -2.43. The summed E-state index contributed by atoms with van der Waals surface area (Å²) in [5.74, 6) is 0.0179.